The molecule has 22 heavy (non-hydrogen) atoms. The third-order valence-electron chi connectivity index (χ3n) is 2.73. The van der Waals surface area contributed by atoms with Crippen LogP contribution in [0.1, 0.15) is 41.5 Å². The van der Waals surface area contributed by atoms with Crippen LogP contribution in [0.2, 0.25) is 0 Å². The van der Waals surface area contributed by atoms with Crippen LogP contribution < -0.4 is 0 Å². The summed E-state index contributed by atoms with van der Waals surface area (Å²) in [4.78, 5) is 70.6. The van der Waals surface area contributed by atoms with Crippen molar-refractivity contribution in [3.05, 3.63) is 0 Å². The fraction of sp³-hybridized carbons (Fsp3) is 0.500. The molecule has 0 aliphatic carbocycles. The van der Waals surface area contributed by atoms with Gasteiger partial charge in [0.1, 0.15) is 0 Å². The van der Waals surface area contributed by atoms with Crippen LogP contribution in [-0.2, 0) is 28.8 Å². The van der Waals surface area contributed by atoms with Crippen molar-refractivity contribution in [2.45, 2.75) is 41.5 Å². The molecule has 0 heterocycles. The van der Waals surface area contributed by atoms with E-state index in [0.29, 0.717) is 11.7 Å². The first-order valence-electron chi connectivity index (χ1n) is 6.34. The third kappa shape index (κ3) is 4.48. The molecule has 0 aromatic heterocycles. The van der Waals surface area contributed by atoms with Gasteiger partial charge in [-0.2, -0.15) is 0 Å². The van der Waals surface area contributed by atoms with Crippen molar-refractivity contribution in [1.29, 1.82) is 0 Å². The van der Waals surface area contributed by atoms with Crippen LogP contribution in [0.5, 0.6) is 0 Å². The summed E-state index contributed by atoms with van der Waals surface area (Å²) in [5, 5.41) is 0. The first kappa shape index (κ1) is 20.0. The zero-order chi connectivity index (χ0) is 17.8. The van der Waals surface area contributed by atoms with Gasteiger partial charge in [-0.05, 0) is 0 Å². The maximum atomic E-state index is 11.8. The largest absolute Gasteiger partial charge is 0.770 e. The topological polar surface area (TPSA) is 112 Å². The summed E-state index contributed by atoms with van der Waals surface area (Å²) < 4.78 is 1.93. The monoisotopic (exact) mass is 327 g/mol. The van der Waals surface area contributed by atoms with E-state index in [2.05, 4.69) is 0 Å². The standard InChI is InChI=1S/3C4H7NO2.Al/c3*1-3(6)5-4(2)7;/h3*1-2H3,(H,5,6,7);/q;;;+3/p-3. The predicted octanol–water partition coefficient (Wildman–Crippen LogP) is -0.844. The Morgan fingerprint density at radius 3 is 0.682 bits per heavy atom. The minimum Gasteiger partial charge on any atom is -0.336 e. The highest BCUT2D eigenvalue weighted by Gasteiger charge is 2.53. The molecule has 120 valence electrons. The molecule has 0 atom stereocenters. The van der Waals surface area contributed by atoms with Gasteiger partial charge in [0.15, 0.2) is 0 Å². The van der Waals surface area contributed by atoms with E-state index in [0.717, 1.165) is 41.5 Å². The molecule has 0 fully saturated rings. The Labute approximate surface area is 132 Å². The van der Waals surface area contributed by atoms with Gasteiger partial charge >= 0.3 is 14.8 Å². The smallest absolute Gasteiger partial charge is 0.336 e. The number of carbonyl (C=O) groups excluding carboxylic acids is 6. The number of carbonyl (C=O) groups is 6. The number of imide groups is 3. The van der Waals surface area contributed by atoms with Gasteiger partial charge in [0.05, 0.1) is 0 Å². The Hall–Kier alpha value is -2.05. The Kier molecular flexibility index (Phi) is 7.09. The maximum absolute atomic E-state index is 11.8. The number of rotatable bonds is 3. The molecule has 0 rings (SSSR count). The zero-order valence-electron chi connectivity index (χ0n) is 13.4. The molecule has 0 saturated heterocycles. The lowest BCUT2D eigenvalue weighted by molar-refractivity contribution is -0.141. The highest BCUT2D eigenvalue weighted by Crippen LogP contribution is 2.11. The van der Waals surface area contributed by atoms with Gasteiger partial charge in [0.2, 0.25) is 35.4 Å². The minimum absolute atomic E-state index is 0.644. The van der Waals surface area contributed by atoms with Gasteiger partial charge < -0.3 is 11.7 Å². The summed E-state index contributed by atoms with van der Waals surface area (Å²) in [6, 6.07) is 0. The first-order valence-corrected chi connectivity index (χ1v) is 7.89. The molecule has 10 heteroatoms. The number of nitrogens with zero attached hydrogens (tertiary/aromatic N) is 3. The molecule has 0 aromatic carbocycles. The molecule has 0 N–H and O–H groups in total. The molecule has 0 aromatic rings. The number of hydrogen-bond donors (Lipinski definition) is 0. The SMILES string of the molecule is CC(=O)[N](C(C)=O)[Al]([N](C(C)=O)C(C)=O)[N](C(C)=O)C(C)=O. The Balaban J connectivity index is 6.39. The van der Waals surface area contributed by atoms with Gasteiger partial charge in [-0.3, -0.25) is 28.8 Å². The summed E-state index contributed by atoms with van der Waals surface area (Å²) in [6.45, 7) is 6.32. The van der Waals surface area contributed by atoms with Crippen molar-refractivity contribution in [2.24, 2.45) is 0 Å². The van der Waals surface area contributed by atoms with Crippen molar-refractivity contribution >= 4 is 50.3 Å². The van der Waals surface area contributed by atoms with Gasteiger partial charge in [-0.25, -0.2) is 0 Å². The van der Waals surface area contributed by atoms with E-state index in [1.54, 1.807) is 0 Å². The molecule has 6 amide bonds. The van der Waals surface area contributed by atoms with Gasteiger partial charge in [-0.15, -0.1) is 0 Å². The van der Waals surface area contributed by atoms with E-state index in [1.807, 2.05) is 0 Å². The van der Waals surface area contributed by atoms with Gasteiger partial charge in [0, 0.05) is 41.5 Å². The van der Waals surface area contributed by atoms with Crippen molar-refractivity contribution in [3.63, 3.8) is 0 Å². The molecule has 0 aliphatic rings. The van der Waals surface area contributed by atoms with Gasteiger partial charge in [-0.1, -0.05) is 0 Å². The van der Waals surface area contributed by atoms with Crippen LogP contribution in [-0.4, -0.2) is 61.9 Å². The molecule has 0 spiro atoms. The highest BCUT2D eigenvalue weighted by molar-refractivity contribution is 6.66. The quantitative estimate of drug-likeness (QED) is 0.625. The van der Waals surface area contributed by atoms with Crippen molar-refractivity contribution in [1.82, 2.24) is 11.7 Å². The third-order valence-corrected chi connectivity index (χ3v) is 6.30. The van der Waals surface area contributed by atoms with Gasteiger partial charge in [0.25, 0.3) is 0 Å². The second-order valence-electron chi connectivity index (χ2n) is 4.57. The van der Waals surface area contributed by atoms with E-state index in [-0.39, 0.29) is 0 Å². The molecule has 0 bridgehead atoms. The lowest BCUT2D eigenvalue weighted by Crippen LogP contribution is -2.69. The normalized spacial score (nSPS) is 9.55. The lowest BCUT2D eigenvalue weighted by atomic mass is 10.6. The summed E-state index contributed by atoms with van der Waals surface area (Å²) in [5.74, 6) is -4.56. The average molecular weight is 327 g/mol. The fourth-order valence-corrected chi connectivity index (χ4v) is 4.63. The molecular weight excluding hydrogens is 309 g/mol. The van der Waals surface area contributed by atoms with Crippen LogP contribution in [0.25, 0.3) is 0 Å². The average Bonchev–Trinajstić information content (AvgIpc) is 2.24. The molecule has 9 nitrogen and oxygen atoms in total. The van der Waals surface area contributed by atoms with E-state index in [4.69, 9.17) is 0 Å². The highest BCUT2D eigenvalue weighted by atomic mass is 27.2. The van der Waals surface area contributed by atoms with Crippen molar-refractivity contribution in [3.8, 4) is 0 Å². The molecule has 0 saturated carbocycles. The first-order chi connectivity index (χ1) is 9.93. The Bertz CT molecular complexity index is 429. The Morgan fingerprint density at radius 1 is 0.455 bits per heavy atom. The van der Waals surface area contributed by atoms with E-state index < -0.39 is 50.3 Å². The van der Waals surface area contributed by atoms with Crippen molar-refractivity contribution < 1.29 is 28.8 Å². The van der Waals surface area contributed by atoms with E-state index >= 15 is 0 Å². The summed E-state index contributed by atoms with van der Waals surface area (Å²) in [5.41, 5.74) is 0. The molecule has 0 unspecified atom stereocenters. The summed E-state index contributed by atoms with van der Waals surface area (Å²) in [6.07, 6.45) is 0. The summed E-state index contributed by atoms with van der Waals surface area (Å²) in [7, 11) is 0. The minimum atomic E-state index is -3.52. The lowest BCUT2D eigenvalue weighted by Gasteiger charge is -2.35. The van der Waals surface area contributed by atoms with E-state index in [1.165, 1.54) is 0 Å². The second-order valence-corrected chi connectivity index (χ2v) is 6.81. The van der Waals surface area contributed by atoms with Crippen LogP contribution in [0.15, 0.2) is 0 Å². The van der Waals surface area contributed by atoms with Crippen LogP contribution in [0.3, 0.4) is 0 Å². The van der Waals surface area contributed by atoms with Crippen LogP contribution >= 0.6 is 0 Å². The van der Waals surface area contributed by atoms with Crippen LogP contribution in [0.4, 0.5) is 0 Å². The number of hydrogen-bond acceptors (Lipinski definition) is 6. The zero-order valence-corrected chi connectivity index (χ0v) is 14.5. The summed E-state index contributed by atoms with van der Waals surface area (Å²) >= 11 is -3.52. The predicted molar refractivity (Wildman–Crippen MR) is 75.4 cm³/mol. The fourth-order valence-electron chi connectivity index (χ4n) is 1.99. The Morgan fingerprint density at radius 2 is 0.591 bits per heavy atom. The molecule has 0 radical (unpaired) electrons. The van der Waals surface area contributed by atoms with Crippen LogP contribution in [0, 0.1) is 0 Å². The number of amides is 6. The molecular formula is C12H18AlN3O6. The van der Waals surface area contributed by atoms with E-state index in [9.17, 15) is 28.8 Å². The maximum Gasteiger partial charge on any atom is 0.770 e. The van der Waals surface area contributed by atoms with Crippen molar-refractivity contribution in [2.75, 3.05) is 0 Å². The molecule has 0 aliphatic heterocycles. The second kappa shape index (κ2) is 7.82.